The standard InChI is InChI=1S/C16H25N/c1-12-9-10-16(14(12)3)17-11-13(2)15-7-5-4-6-8-15/h4-8,12-14,16-17H,9-11H2,1-3H3. The lowest BCUT2D eigenvalue weighted by molar-refractivity contribution is 0.366. The van der Waals surface area contributed by atoms with Crippen molar-refractivity contribution in [3.63, 3.8) is 0 Å². The van der Waals surface area contributed by atoms with Crippen molar-refractivity contribution >= 4 is 0 Å². The van der Waals surface area contributed by atoms with Crippen molar-refractivity contribution in [3.8, 4) is 0 Å². The quantitative estimate of drug-likeness (QED) is 0.831. The zero-order valence-corrected chi connectivity index (χ0v) is 11.3. The highest BCUT2D eigenvalue weighted by molar-refractivity contribution is 5.19. The Labute approximate surface area is 106 Å². The van der Waals surface area contributed by atoms with Crippen LogP contribution in [0.15, 0.2) is 30.3 Å². The Morgan fingerprint density at radius 1 is 1.18 bits per heavy atom. The van der Waals surface area contributed by atoms with Gasteiger partial charge in [-0.15, -0.1) is 0 Å². The monoisotopic (exact) mass is 231 g/mol. The zero-order chi connectivity index (χ0) is 12.3. The molecule has 4 atom stereocenters. The van der Waals surface area contributed by atoms with Gasteiger partial charge in [-0.3, -0.25) is 0 Å². The van der Waals surface area contributed by atoms with Crippen molar-refractivity contribution in [2.24, 2.45) is 11.8 Å². The summed E-state index contributed by atoms with van der Waals surface area (Å²) in [6.45, 7) is 8.19. The average molecular weight is 231 g/mol. The molecule has 0 amide bonds. The van der Waals surface area contributed by atoms with Crippen LogP contribution in [0.2, 0.25) is 0 Å². The Hall–Kier alpha value is -0.820. The van der Waals surface area contributed by atoms with Crippen LogP contribution < -0.4 is 5.32 Å². The molecule has 1 aliphatic rings. The molecule has 0 saturated heterocycles. The van der Waals surface area contributed by atoms with Gasteiger partial charge in [0, 0.05) is 12.6 Å². The molecule has 2 rings (SSSR count). The third-order valence-corrected chi connectivity index (χ3v) is 4.52. The molecule has 1 heteroatoms. The summed E-state index contributed by atoms with van der Waals surface area (Å²) in [5, 5.41) is 3.76. The van der Waals surface area contributed by atoms with Crippen molar-refractivity contribution < 1.29 is 0 Å². The van der Waals surface area contributed by atoms with Crippen LogP contribution in [0.25, 0.3) is 0 Å². The van der Waals surface area contributed by atoms with Gasteiger partial charge in [0.2, 0.25) is 0 Å². The first kappa shape index (κ1) is 12.6. The van der Waals surface area contributed by atoms with Gasteiger partial charge in [-0.1, -0.05) is 51.1 Å². The van der Waals surface area contributed by atoms with Gasteiger partial charge in [0.15, 0.2) is 0 Å². The number of hydrogen-bond acceptors (Lipinski definition) is 1. The molecule has 0 aliphatic heterocycles. The normalized spacial score (nSPS) is 30.4. The van der Waals surface area contributed by atoms with Gasteiger partial charge >= 0.3 is 0 Å². The molecule has 1 aromatic rings. The van der Waals surface area contributed by atoms with E-state index in [0.717, 1.165) is 24.4 Å². The van der Waals surface area contributed by atoms with E-state index in [0.29, 0.717) is 5.92 Å². The van der Waals surface area contributed by atoms with Gasteiger partial charge in [0.05, 0.1) is 0 Å². The van der Waals surface area contributed by atoms with Crippen LogP contribution in [0.4, 0.5) is 0 Å². The summed E-state index contributed by atoms with van der Waals surface area (Å²) < 4.78 is 0. The van der Waals surface area contributed by atoms with E-state index in [1.807, 2.05) is 0 Å². The van der Waals surface area contributed by atoms with Crippen LogP contribution in [0.5, 0.6) is 0 Å². The number of benzene rings is 1. The molecule has 0 bridgehead atoms. The van der Waals surface area contributed by atoms with Crippen LogP contribution in [-0.2, 0) is 0 Å². The molecule has 4 unspecified atom stereocenters. The highest BCUT2D eigenvalue weighted by atomic mass is 14.9. The van der Waals surface area contributed by atoms with Crippen LogP contribution in [-0.4, -0.2) is 12.6 Å². The van der Waals surface area contributed by atoms with E-state index < -0.39 is 0 Å². The lowest BCUT2D eigenvalue weighted by atomic mass is 9.96. The summed E-state index contributed by atoms with van der Waals surface area (Å²) in [4.78, 5) is 0. The lowest BCUT2D eigenvalue weighted by Crippen LogP contribution is -2.34. The molecule has 1 fully saturated rings. The molecule has 1 N–H and O–H groups in total. The summed E-state index contributed by atoms with van der Waals surface area (Å²) in [5.74, 6) is 2.33. The maximum absolute atomic E-state index is 3.76. The third-order valence-electron chi connectivity index (χ3n) is 4.52. The highest BCUT2D eigenvalue weighted by Gasteiger charge is 2.29. The zero-order valence-electron chi connectivity index (χ0n) is 11.3. The fraction of sp³-hybridized carbons (Fsp3) is 0.625. The van der Waals surface area contributed by atoms with Crippen LogP contribution in [0, 0.1) is 11.8 Å². The van der Waals surface area contributed by atoms with Gasteiger partial charge in [0.1, 0.15) is 0 Å². The Balaban J connectivity index is 1.83. The minimum Gasteiger partial charge on any atom is -0.313 e. The van der Waals surface area contributed by atoms with Gasteiger partial charge in [-0.05, 0) is 36.2 Å². The molecule has 0 aromatic heterocycles. The number of nitrogens with one attached hydrogen (secondary N) is 1. The van der Waals surface area contributed by atoms with E-state index in [1.54, 1.807) is 0 Å². The predicted octanol–water partition coefficient (Wildman–Crippen LogP) is 3.81. The van der Waals surface area contributed by atoms with Crippen molar-refractivity contribution in [3.05, 3.63) is 35.9 Å². The maximum Gasteiger partial charge on any atom is 0.00955 e. The maximum atomic E-state index is 3.76. The molecule has 1 nitrogen and oxygen atoms in total. The second-order valence-corrected chi connectivity index (χ2v) is 5.74. The summed E-state index contributed by atoms with van der Waals surface area (Å²) in [6.07, 6.45) is 2.74. The average Bonchev–Trinajstić information content (AvgIpc) is 2.68. The largest absolute Gasteiger partial charge is 0.313 e. The molecule has 0 heterocycles. The Morgan fingerprint density at radius 2 is 1.88 bits per heavy atom. The Kier molecular flexibility index (Phi) is 4.22. The highest BCUT2D eigenvalue weighted by Crippen LogP contribution is 2.31. The second kappa shape index (κ2) is 5.68. The molecule has 0 radical (unpaired) electrons. The van der Waals surface area contributed by atoms with Crippen molar-refractivity contribution in [1.29, 1.82) is 0 Å². The van der Waals surface area contributed by atoms with E-state index in [4.69, 9.17) is 0 Å². The van der Waals surface area contributed by atoms with Crippen molar-refractivity contribution in [2.75, 3.05) is 6.54 Å². The van der Waals surface area contributed by atoms with Crippen LogP contribution in [0.1, 0.15) is 45.1 Å². The molecule has 1 aromatic carbocycles. The van der Waals surface area contributed by atoms with Gasteiger partial charge in [-0.25, -0.2) is 0 Å². The molecule has 0 spiro atoms. The third kappa shape index (κ3) is 3.10. The predicted molar refractivity (Wildman–Crippen MR) is 74.2 cm³/mol. The fourth-order valence-electron chi connectivity index (χ4n) is 2.88. The summed E-state index contributed by atoms with van der Waals surface area (Å²) in [5.41, 5.74) is 1.44. The van der Waals surface area contributed by atoms with Crippen LogP contribution in [0.3, 0.4) is 0 Å². The van der Waals surface area contributed by atoms with E-state index in [1.165, 1.54) is 18.4 Å². The smallest absolute Gasteiger partial charge is 0.00955 e. The Bertz CT molecular complexity index is 333. The van der Waals surface area contributed by atoms with E-state index in [2.05, 4.69) is 56.4 Å². The molecular weight excluding hydrogens is 206 g/mol. The summed E-state index contributed by atoms with van der Waals surface area (Å²) in [7, 11) is 0. The summed E-state index contributed by atoms with van der Waals surface area (Å²) in [6, 6.07) is 11.5. The first-order chi connectivity index (χ1) is 8.18. The topological polar surface area (TPSA) is 12.0 Å². The molecule has 17 heavy (non-hydrogen) atoms. The number of rotatable bonds is 4. The Morgan fingerprint density at radius 3 is 2.47 bits per heavy atom. The van der Waals surface area contributed by atoms with Crippen LogP contribution >= 0.6 is 0 Å². The molecular formula is C16H25N. The van der Waals surface area contributed by atoms with E-state index in [9.17, 15) is 0 Å². The van der Waals surface area contributed by atoms with Crippen molar-refractivity contribution in [1.82, 2.24) is 5.32 Å². The molecule has 1 aliphatic carbocycles. The van der Waals surface area contributed by atoms with Gasteiger partial charge in [-0.2, -0.15) is 0 Å². The molecule has 1 saturated carbocycles. The van der Waals surface area contributed by atoms with Crippen molar-refractivity contribution in [2.45, 2.75) is 45.6 Å². The minimum atomic E-state index is 0.610. The first-order valence-corrected chi connectivity index (χ1v) is 6.97. The summed E-state index contributed by atoms with van der Waals surface area (Å²) >= 11 is 0. The second-order valence-electron chi connectivity index (χ2n) is 5.74. The van der Waals surface area contributed by atoms with Gasteiger partial charge in [0.25, 0.3) is 0 Å². The lowest BCUT2D eigenvalue weighted by Gasteiger charge is -2.22. The fourth-order valence-corrected chi connectivity index (χ4v) is 2.88. The first-order valence-electron chi connectivity index (χ1n) is 6.97. The minimum absolute atomic E-state index is 0.610. The number of hydrogen-bond donors (Lipinski definition) is 1. The van der Waals surface area contributed by atoms with E-state index >= 15 is 0 Å². The van der Waals surface area contributed by atoms with E-state index in [-0.39, 0.29) is 0 Å². The SMILES string of the molecule is CC(CNC1CCC(C)C1C)c1ccccc1. The van der Waals surface area contributed by atoms with Gasteiger partial charge < -0.3 is 5.32 Å². The molecule has 94 valence electrons.